The molecule has 0 radical (unpaired) electrons. The average molecular weight is 967 g/mol. The third-order valence-corrected chi connectivity index (χ3v) is 19.2. The van der Waals surface area contributed by atoms with Crippen LogP contribution >= 0.6 is 45.3 Å². The van der Waals surface area contributed by atoms with E-state index in [0.29, 0.717) is 79.1 Å². The van der Waals surface area contributed by atoms with Crippen molar-refractivity contribution in [3.8, 4) is 19.5 Å². The maximum atomic E-state index is 15.3. The van der Waals surface area contributed by atoms with Crippen LogP contribution in [0.15, 0.2) is 97.1 Å². The van der Waals surface area contributed by atoms with Gasteiger partial charge in [-0.05, 0) is 93.7 Å². The molecule has 0 saturated carbocycles. The van der Waals surface area contributed by atoms with Gasteiger partial charge in [-0.3, -0.25) is 29.0 Å². The van der Waals surface area contributed by atoms with Gasteiger partial charge in [0.1, 0.15) is 0 Å². The average Bonchev–Trinajstić information content (AvgIpc) is 4.17. The maximum Gasteiger partial charge on any atom is 0.262 e. The third-order valence-electron chi connectivity index (χ3n) is 14.3. The van der Waals surface area contributed by atoms with Crippen LogP contribution in [0.1, 0.15) is 132 Å². The smallest absolute Gasteiger partial charge is 0.262 e. The zero-order valence-electron chi connectivity index (χ0n) is 38.3. The van der Waals surface area contributed by atoms with Gasteiger partial charge in [0.15, 0.2) is 0 Å². The lowest BCUT2D eigenvalue weighted by Gasteiger charge is -2.33. The largest absolute Gasteiger partial charge is 0.274 e. The Bertz CT molecular complexity index is 3280. The fraction of sp³-hybridized carbons (Fsp3) is 0.276. The molecule has 0 spiro atoms. The molecule has 6 nitrogen and oxygen atoms in total. The molecule has 0 atom stereocenters. The highest BCUT2D eigenvalue weighted by Crippen LogP contribution is 2.53. The van der Waals surface area contributed by atoms with E-state index in [0.717, 1.165) is 91.0 Å². The van der Waals surface area contributed by atoms with Crippen LogP contribution in [0.25, 0.3) is 92.2 Å². The lowest BCUT2D eigenvalue weighted by Crippen LogP contribution is -2.44. The molecule has 2 aliphatic rings. The molecular weight excluding hydrogens is 917 g/mol. The van der Waals surface area contributed by atoms with Gasteiger partial charge in [0.05, 0.1) is 22.3 Å². The van der Waals surface area contributed by atoms with Crippen LogP contribution in [0.2, 0.25) is 0 Å². The molecule has 0 N–H and O–H groups in total. The number of carbonyl (C=O) groups excluding carboxylic acids is 4. The van der Waals surface area contributed by atoms with Crippen molar-refractivity contribution in [2.45, 2.75) is 90.9 Å². The number of hydrogen-bond donors (Lipinski definition) is 0. The first-order chi connectivity index (χ1) is 33.3. The number of hydrogen-bond acceptors (Lipinski definition) is 8. The van der Waals surface area contributed by atoms with Gasteiger partial charge in [0, 0.05) is 72.9 Å². The summed E-state index contributed by atoms with van der Waals surface area (Å²) in [7, 11) is 0. The Hall–Kier alpha value is -5.78. The van der Waals surface area contributed by atoms with Gasteiger partial charge in [-0.2, -0.15) is 0 Å². The van der Waals surface area contributed by atoms with E-state index in [1.54, 1.807) is 22.7 Å². The molecule has 68 heavy (non-hydrogen) atoms. The minimum atomic E-state index is -0.340. The van der Waals surface area contributed by atoms with Gasteiger partial charge in [-0.1, -0.05) is 127 Å². The quantitative estimate of drug-likeness (QED) is 0.0714. The lowest BCUT2D eigenvalue weighted by atomic mass is 9.82. The van der Waals surface area contributed by atoms with Crippen molar-refractivity contribution in [3.05, 3.63) is 119 Å². The number of imide groups is 2. The summed E-state index contributed by atoms with van der Waals surface area (Å²) < 4.78 is 3.73. The fourth-order valence-electron chi connectivity index (χ4n) is 10.8. The highest BCUT2D eigenvalue weighted by Gasteiger charge is 2.44. The molecule has 0 fully saturated rings. The Balaban J connectivity index is 1.09. The monoisotopic (exact) mass is 966 g/mol. The summed E-state index contributed by atoms with van der Waals surface area (Å²) >= 11 is 6.47. The van der Waals surface area contributed by atoms with Crippen molar-refractivity contribution in [2.24, 2.45) is 0 Å². The van der Waals surface area contributed by atoms with Crippen molar-refractivity contribution >= 4 is 142 Å². The van der Waals surface area contributed by atoms with Crippen molar-refractivity contribution in [3.63, 3.8) is 0 Å². The maximum absolute atomic E-state index is 15.3. The first-order valence-corrected chi connectivity index (χ1v) is 27.7. The highest BCUT2D eigenvalue weighted by atomic mass is 32.1. The Morgan fingerprint density at radius 3 is 1.13 bits per heavy atom. The van der Waals surface area contributed by atoms with Gasteiger partial charge in [-0.25, -0.2) is 0 Å². The number of fused-ring (bicyclic) bond motifs is 10. The molecule has 0 bridgehead atoms. The predicted molar refractivity (Wildman–Crippen MR) is 289 cm³/mol. The van der Waals surface area contributed by atoms with Crippen LogP contribution in [-0.4, -0.2) is 46.5 Å². The van der Waals surface area contributed by atoms with Crippen LogP contribution in [0.3, 0.4) is 0 Å². The second-order valence-corrected chi connectivity index (χ2v) is 23.0. The number of nitrogens with zero attached hydrogens (tertiary/aromatic N) is 2. The van der Waals surface area contributed by atoms with Crippen LogP contribution < -0.4 is 0 Å². The molecule has 4 aromatic heterocycles. The molecule has 6 aromatic carbocycles. The van der Waals surface area contributed by atoms with Crippen molar-refractivity contribution in [1.29, 1.82) is 0 Å². The second-order valence-electron chi connectivity index (χ2n) is 18.7. The van der Waals surface area contributed by atoms with Gasteiger partial charge in [0.2, 0.25) is 0 Å². The van der Waals surface area contributed by atoms with Gasteiger partial charge in [0.25, 0.3) is 23.6 Å². The third kappa shape index (κ3) is 7.12. The van der Waals surface area contributed by atoms with E-state index in [1.807, 2.05) is 0 Å². The second kappa shape index (κ2) is 17.6. The highest BCUT2D eigenvalue weighted by molar-refractivity contribution is 7.29. The standard InChI is InChI=1S/C58H50N2O4S4/c1-3-5-7-9-11-17-23-59-55(61)47-39-31-45(43-29-37-25-33-19-13-15-21-35(33)27-41(37)65-43)68-54(39)52-50-48(56(62)60(58(52)64)24-18-12-10-8-6-4-2)40-32-46(67-53(40)51(49(47)50)57(59)63)44-30-38-26-34-20-14-16-22-36(34)28-42(38)66-44/h13-16,19-22,25-32H,3-12,17-18,23-24H2,1-2H3. The van der Waals surface area contributed by atoms with Crippen LogP contribution in [0.5, 0.6) is 0 Å². The molecule has 4 amide bonds. The molecule has 0 unspecified atom stereocenters. The molecular formula is C58H50N2O4S4. The van der Waals surface area contributed by atoms with Crippen molar-refractivity contribution in [2.75, 3.05) is 13.1 Å². The van der Waals surface area contributed by atoms with Gasteiger partial charge in [-0.15, -0.1) is 45.3 Å². The molecule has 0 aliphatic carbocycles. The summed E-state index contributed by atoms with van der Waals surface area (Å²) in [5, 5.41) is 9.27. The SMILES string of the molecule is CCCCCCCCN1C(=O)c2c3cc(-c4cc5cc6ccccc6cc5s4)sc3c3c4c(c5cc(-c6cc7cc8ccccc8cc7s6)sc5c(c24)C1=O)C(=O)N(CCCCCCCC)C3=O. The molecule has 12 rings (SSSR count). The molecule has 6 heterocycles. The lowest BCUT2D eigenvalue weighted by molar-refractivity contribution is 0.0590. The summed E-state index contributed by atoms with van der Waals surface area (Å²) in [4.78, 5) is 68.2. The van der Waals surface area contributed by atoms with E-state index in [1.165, 1.54) is 66.9 Å². The minimum absolute atomic E-state index is 0.310. The number of rotatable bonds is 16. The van der Waals surface area contributed by atoms with Gasteiger partial charge < -0.3 is 0 Å². The normalized spacial score (nSPS) is 14.0. The fourth-order valence-corrected chi connectivity index (χ4v) is 15.5. The molecule has 10 aromatic rings. The van der Waals surface area contributed by atoms with Crippen molar-refractivity contribution < 1.29 is 19.2 Å². The minimum Gasteiger partial charge on any atom is -0.274 e. The summed E-state index contributed by atoms with van der Waals surface area (Å²) in [6.45, 7) is 5.02. The summed E-state index contributed by atoms with van der Waals surface area (Å²) in [5.41, 5.74) is 1.75. The number of unbranched alkanes of at least 4 members (excludes halogenated alkanes) is 10. The summed E-state index contributed by atoms with van der Waals surface area (Å²) in [6, 6.07) is 34.3. The predicted octanol–water partition coefficient (Wildman–Crippen LogP) is 17.3. The van der Waals surface area contributed by atoms with E-state index in [9.17, 15) is 0 Å². The first kappa shape index (κ1) is 43.5. The van der Waals surface area contributed by atoms with E-state index in [-0.39, 0.29) is 23.6 Å². The zero-order valence-corrected chi connectivity index (χ0v) is 41.6. The topological polar surface area (TPSA) is 74.8 Å². The molecule has 340 valence electrons. The molecule has 0 saturated heterocycles. The summed E-state index contributed by atoms with van der Waals surface area (Å²) in [6.07, 6.45) is 12.2. The first-order valence-electron chi connectivity index (χ1n) is 24.4. The number of amides is 4. The van der Waals surface area contributed by atoms with Crippen LogP contribution in [-0.2, 0) is 0 Å². The van der Waals surface area contributed by atoms with E-state index >= 15 is 19.2 Å². The zero-order chi connectivity index (χ0) is 46.2. The Labute approximate surface area is 410 Å². The number of carbonyl (C=O) groups is 4. The summed E-state index contributed by atoms with van der Waals surface area (Å²) in [5.74, 6) is -1.36. The van der Waals surface area contributed by atoms with E-state index < -0.39 is 0 Å². The number of benzene rings is 6. The Kier molecular flexibility index (Phi) is 11.3. The Morgan fingerprint density at radius 2 is 0.721 bits per heavy atom. The Morgan fingerprint density at radius 1 is 0.368 bits per heavy atom. The molecule has 2 aliphatic heterocycles. The molecule has 10 heteroatoms. The van der Waals surface area contributed by atoms with Crippen LogP contribution in [0, 0.1) is 0 Å². The van der Waals surface area contributed by atoms with E-state index in [4.69, 9.17) is 0 Å². The van der Waals surface area contributed by atoms with Crippen molar-refractivity contribution in [1.82, 2.24) is 9.80 Å². The van der Waals surface area contributed by atoms with Gasteiger partial charge >= 0.3 is 0 Å². The van der Waals surface area contributed by atoms with Crippen LogP contribution in [0.4, 0.5) is 0 Å². The number of thiophene rings is 4. The van der Waals surface area contributed by atoms with E-state index in [2.05, 4.69) is 111 Å².